The molecule has 0 aliphatic heterocycles. The molecule has 0 aliphatic rings. The summed E-state index contributed by atoms with van der Waals surface area (Å²) >= 11 is 2.59. The summed E-state index contributed by atoms with van der Waals surface area (Å²) in [4.78, 5) is 41.9. The number of nitrogens with one attached hydrogen (secondary N) is 2. The summed E-state index contributed by atoms with van der Waals surface area (Å²) in [6.07, 6.45) is -1.04. The number of nitrogens with zero attached hydrogens (tertiary/aromatic N) is 1. The number of amides is 2. The molecule has 0 unspecified atom stereocenters. The Morgan fingerprint density at radius 2 is 1.80 bits per heavy atom. The van der Waals surface area contributed by atoms with Gasteiger partial charge in [0.05, 0.1) is 11.3 Å². The zero-order chi connectivity index (χ0) is 21.8. The Morgan fingerprint density at radius 3 is 2.47 bits per heavy atom. The van der Waals surface area contributed by atoms with Crippen LogP contribution in [0.25, 0.3) is 11.3 Å². The molecule has 0 spiro atoms. The minimum atomic E-state index is -1.04. The maximum atomic E-state index is 12.7. The van der Waals surface area contributed by atoms with Crippen LogP contribution in [0, 0.1) is 13.8 Å². The van der Waals surface area contributed by atoms with Crippen LogP contribution in [-0.4, -0.2) is 28.9 Å². The van der Waals surface area contributed by atoms with Gasteiger partial charge in [0, 0.05) is 22.7 Å². The molecule has 7 nitrogen and oxygen atoms in total. The molecular formula is C21H21N3O4S2. The van der Waals surface area contributed by atoms with Crippen molar-refractivity contribution in [2.45, 2.75) is 33.8 Å². The van der Waals surface area contributed by atoms with Gasteiger partial charge >= 0.3 is 5.97 Å². The number of esters is 1. The highest BCUT2D eigenvalue weighted by Gasteiger charge is 2.26. The number of carbonyl (C=O) groups is 3. The molecule has 0 bridgehead atoms. The van der Waals surface area contributed by atoms with Crippen molar-refractivity contribution in [1.82, 2.24) is 4.98 Å². The molecular weight excluding hydrogens is 422 g/mol. The Kier molecular flexibility index (Phi) is 6.63. The SMILES string of the molecule is CC(=O)Nc1sc(C)c(C)c1C(=O)O[C@H](C)C(=O)Nc1nc(-c2ccccc2)cs1. The summed E-state index contributed by atoms with van der Waals surface area (Å²) in [6, 6.07) is 9.62. The predicted molar refractivity (Wildman–Crippen MR) is 119 cm³/mol. The fourth-order valence-electron chi connectivity index (χ4n) is 2.67. The molecule has 0 saturated carbocycles. The highest BCUT2D eigenvalue weighted by Crippen LogP contribution is 2.33. The number of ether oxygens (including phenoxy) is 1. The van der Waals surface area contributed by atoms with E-state index in [1.54, 1.807) is 6.92 Å². The lowest BCUT2D eigenvalue weighted by Crippen LogP contribution is -2.30. The minimum absolute atomic E-state index is 0.271. The molecule has 3 rings (SSSR count). The number of rotatable bonds is 6. The number of hydrogen-bond donors (Lipinski definition) is 2. The number of thiophene rings is 1. The molecule has 0 aliphatic carbocycles. The van der Waals surface area contributed by atoms with E-state index in [2.05, 4.69) is 15.6 Å². The van der Waals surface area contributed by atoms with Crippen molar-refractivity contribution in [3.8, 4) is 11.3 Å². The van der Waals surface area contributed by atoms with Crippen molar-refractivity contribution in [3.05, 3.63) is 51.7 Å². The molecule has 0 saturated heterocycles. The lowest BCUT2D eigenvalue weighted by molar-refractivity contribution is -0.123. The first kappa shape index (κ1) is 21.7. The first-order valence-corrected chi connectivity index (χ1v) is 10.9. The topological polar surface area (TPSA) is 97.4 Å². The van der Waals surface area contributed by atoms with Crippen molar-refractivity contribution in [1.29, 1.82) is 0 Å². The molecule has 3 aromatic rings. The number of hydrogen-bond acceptors (Lipinski definition) is 7. The van der Waals surface area contributed by atoms with Crippen molar-refractivity contribution >= 4 is 50.6 Å². The quantitative estimate of drug-likeness (QED) is 0.541. The van der Waals surface area contributed by atoms with E-state index in [1.807, 2.05) is 42.6 Å². The fraction of sp³-hybridized carbons (Fsp3) is 0.238. The standard InChI is InChI=1S/C21H21N3O4S2/c1-11-13(3)30-19(22-14(4)25)17(11)20(27)28-12(2)18(26)24-21-23-16(10-29-21)15-8-6-5-7-9-15/h5-10,12H,1-4H3,(H,22,25)(H,23,24,26)/t12-/m1/s1. The van der Waals surface area contributed by atoms with Crippen molar-refractivity contribution in [2.24, 2.45) is 0 Å². The maximum absolute atomic E-state index is 12.7. The van der Waals surface area contributed by atoms with E-state index in [9.17, 15) is 14.4 Å². The molecule has 1 aromatic carbocycles. The Labute approximate surface area is 182 Å². The summed E-state index contributed by atoms with van der Waals surface area (Å²) < 4.78 is 5.36. The summed E-state index contributed by atoms with van der Waals surface area (Å²) in [5, 5.41) is 8.01. The Bertz CT molecular complexity index is 1090. The normalized spacial score (nSPS) is 11.6. The average Bonchev–Trinajstić information content (AvgIpc) is 3.26. The van der Waals surface area contributed by atoms with Gasteiger partial charge in [0.2, 0.25) is 5.91 Å². The van der Waals surface area contributed by atoms with Crippen LogP contribution in [0.1, 0.15) is 34.6 Å². The zero-order valence-electron chi connectivity index (χ0n) is 16.9. The second-order valence-corrected chi connectivity index (χ2v) is 8.69. The van der Waals surface area contributed by atoms with Crippen molar-refractivity contribution in [2.75, 3.05) is 10.6 Å². The summed E-state index contributed by atoms with van der Waals surface area (Å²) in [6.45, 7) is 6.49. The van der Waals surface area contributed by atoms with Crippen molar-refractivity contribution in [3.63, 3.8) is 0 Å². The Hall–Kier alpha value is -3.04. The van der Waals surface area contributed by atoms with Crippen molar-refractivity contribution < 1.29 is 19.1 Å². The number of anilines is 2. The van der Waals surface area contributed by atoms with Gasteiger partial charge < -0.3 is 10.1 Å². The van der Waals surface area contributed by atoms with Crippen LogP contribution in [0.4, 0.5) is 10.1 Å². The molecule has 0 fully saturated rings. The molecule has 2 amide bonds. The third-order valence-corrected chi connectivity index (χ3v) is 6.22. The number of thiazole rings is 1. The molecule has 30 heavy (non-hydrogen) atoms. The van der Waals surface area contributed by atoms with Crippen LogP contribution in [0.3, 0.4) is 0 Å². The molecule has 156 valence electrons. The predicted octanol–water partition coefficient (Wildman–Crippen LogP) is 4.63. The van der Waals surface area contributed by atoms with Crippen LogP contribution in [-0.2, 0) is 14.3 Å². The van der Waals surface area contributed by atoms with Gasteiger partial charge in [-0.25, -0.2) is 9.78 Å². The fourth-order valence-corrected chi connectivity index (χ4v) is 4.49. The summed E-state index contributed by atoms with van der Waals surface area (Å²) in [5.41, 5.74) is 2.69. The van der Waals surface area contributed by atoms with Gasteiger partial charge in [-0.1, -0.05) is 30.3 Å². The lowest BCUT2D eigenvalue weighted by Gasteiger charge is -2.13. The van der Waals surface area contributed by atoms with E-state index >= 15 is 0 Å². The van der Waals surface area contributed by atoms with E-state index < -0.39 is 18.0 Å². The monoisotopic (exact) mass is 443 g/mol. The zero-order valence-corrected chi connectivity index (χ0v) is 18.6. The number of carbonyl (C=O) groups excluding carboxylic acids is 3. The molecule has 1 atom stereocenters. The molecule has 2 N–H and O–H groups in total. The van der Waals surface area contributed by atoms with Crippen LogP contribution in [0.5, 0.6) is 0 Å². The van der Waals surface area contributed by atoms with Gasteiger partial charge in [-0.05, 0) is 26.3 Å². The maximum Gasteiger partial charge on any atom is 0.342 e. The van der Waals surface area contributed by atoms with Gasteiger partial charge in [-0.2, -0.15) is 0 Å². The Morgan fingerprint density at radius 1 is 1.10 bits per heavy atom. The average molecular weight is 444 g/mol. The van der Waals surface area contributed by atoms with E-state index in [0.29, 0.717) is 15.7 Å². The van der Waals surface area contributed by atoms with E-state index in [0.717, 1.165) is 16.1 Å². The van der Waals surface area contributed by atoms with Gasteiger partial charge in [-0.15, -0.1) is 22.7 Å². The third-order valence-electron chi connectivity index (χ3n) is 4.34. The van der Waals surface area contributed by atoms with Gasteiger partial charge in [-0.3, -0.25) is 14.9 Å². The molecule has 9 heteroatoms. The number of benzene rings is 1. The third kappa shape index (κ3) is 4.92. The first-order valence-electron chi connectivity index (χ1n) is 9.16. The van der Waals surface area contributed by atoms with Gasteiger partial charge in [0.15, 0.2) is 11.2 Å². The molecule has 2 aromatic heterocycles. The van der Waals surface area contributed by atoms with E-state index in [4.69, 9.17) is 4.74 Å². The lowest BCUT2D eigenvalue weighted by atomic mass is 10.1. The first-order chi connectivity index (χ1) is 14.3. The van der Waals surface area contributed by atoms with Crippen LogP contribution in [0.15, 0.2) is 35.7 Å². The van der Waals surface area contributed by atoms with E-state index in [-0.39, 0.29) is 11.5 Å². The highest BCUT2D eigenvalue weighted by atomic mass is 32.1. The highest BCUT2D eigenvalue weighted by molar-refractivity contribution is 7.16. The van der Waals surface area contributed by atoms with Crippen LogP contribution >= 0.6 is 22.7 Å². The Balaban J connectivity index is 1.67. The number of aryl methyl sites for hydroxylation is 1. The molecule has 0 radical (unpaired) electrons. The van der Waals surface area contributed by atoms with E-state index in [1.165, 1.54) is 36.5 Å². The van der Waals surface area contributed by atoms with Gasteiger partial charge in [0.1, 0.15) is 5.00 Å². The molecule has 2 heterocycles. The van der Waals surface area contributed by atoms with Gasteiger partial charge in [0.25, 0.3) is 5.91 Å². The summed E-state index contributed by atoms with van der Waals surface area (Å²) in [7, 11) is 0. The van der Waals surface area contributed by atoms with Crippen LogP contribution in [0.2, 0.25) is 0 Å². The number of aromatic nitrogens is 1. The largest absolute Gasteiger partial charge is 0.449 e. The second kappa shape index (κ2) is 9.19. The summed E-state index contributed by atoms with van der Waals surface area (Å²) in [5.74, 6) is -1.43. The van der Waals surface area contributed by atoms with Crippen LogP contribution < -0.4 is 10.6 Å². The smallest absolute Gasteiger partial charge is 0.342 e. The second-order valence-electron chi connectivity index (χ2n) is 6.61. The minimum Gasteiger partial charge on any atom is -0.449 e.